The first-order valence-electron chi connectivity index (χ1n) is 6.00. The Morgan fingerprint density at radius 2 is 2.11 bits per heavy atom. The fraction of sp³-hybridized carbons (Fsp3) is 0.500. The van der Waals surface area contributed by atoms with E-state index in [1.165, 1.54) is 0 Å². The molecule has 0 radical (unpaired) electrons. The second-order valence-electron chi connectivity index (χ2n) is 4.28. The van der Waals surface area contributed by atoms with E-state index in [1.54, 1.807) is 37.0 Å². The molecule has 2 N–H and O–H groups in total. The van der Waals surface area contributed by atoms with Crippen LogP contribution in [0.2, 0.25) is 0 Å². The zero-order valence-electron chi connectivity index (χ0n) is 10.3. The van der Waals surface area contributed by atoms with Crippen LogP contribution in [-0.4, -0.2) is 33.0 Å². The lowest BCUT2D eigenvalue weighted by Crippen LogP contribution is -2.38. The molecule has 1 aliphatic rings. The summed E-state index contributed by atoms with van der Waals surface area (Å²) in [4.78, 5) is 0.322. The number of rotatable bonds is 4. The van der Waals surface area contributed by atoms with Crippen molar-refractivity contribution in [1.29, 1.82) is 0 Å². The SMILES string of the molecule is CNc1ccccc1S(=O)(=O)NC1CCCSC1. The van der Waals surface area contributed by atoms with Crippen LogP contribution in [0.3, 0.4) is 0 Å². The third kappa shape index (κ3) is 3.18. The Kier molecular flexibility index (Phi) is 4.53. The number of sulfonamides is 1. The Hall–Kier alpha value is -0.720. The maximum absolute atomic E-state index is 12.3. The minimum Gasteiger partial charge on any atom is -0.387 e. The summed E-state index contributed by atoms with van der Waals surface area (Å²) in [6.07, 6.45) is 2.00. The van der Waals surface area contributed by atoms with Gasteiger partial charge in [0.1, 0.15) is 4.90 Å². The summed E-state index contributed by atoms with van der Waals surface area (Å²) in [5.74, 6) is 1.99. The number of benzene rings is 1. The van der Waals surface area contributed by atoms with Crippen molar-refractivity contribution in [2.75, 3.05) is 23.9 Å². The number of anilines is 1. The molecule has 0 aliphatic carbocycles. The van der Waals surface area contributed by atoms with E-state index in [9.17, 15) is 8.42 Å². The van der Waals surface area contributed by atoms with E-state index >= 15 is 0 Å². The summed E-state index contributed by atoms with van der Waals surface area (Å²) in [7, 11) is -1.70. The summed E-state index contributed by atoms with van der Waals surface area (Å²) < 4.78 is 27.4. The van der Waals surface area contributed by atoms with Gasteiger partial charge in [0.15, 0.2) is 0 Å². The van der Waals surface area contributed by atoms with Crippen LogP contribution < -0.4 is 10.0 Å². The van der Waals surface area contributed by atoms with E-state index in [2.05, 4.69) is 10.0 Å². The van der Waals surface area contributed by atoms with Gasteiger partial charge in [-0.15, -0.1) is 0 Å². The van der Waals surface area contributed by atoms with Crippen molar-refractivity contribution >= 4 is 27.5 Å². The molecule has 1 atom stereocenters. The minimum atomic E-state index is -3.43. The Bertz CT molecular complexity index is 497. The van der Waals surface area contributed by atoms with Gasteiger partial charge in [0.25, 0.3) is 0 Å². The first kappa shape index (κ1) is 13.7. The van der Waals surface area contributed by atoms with E-state index in [1.807, 2.05) is 6.07 Å². The number of thioether (sulfide) groups is 1. The first-order valence-corrected chi connectivity index (χ1v) is 8.64. The Morgan fingerprint density at radius 3 is 2.78 bits per heavy atom. The third-order valence-corrected chi connectivity index (χ3v) is 5.72. The Labute approximate surface area is 113 Å². The van der Waals surface area contributed by atoms with Crippen LogP contribution in [0.1, 0.15) is 12.8 Å². The molecular weight excluding hydrogens is 268 g/mol. The summed E-state index contributed by atoms with van der Waals surface area (Å²) in [6.45, 7) is 0. The normalized spacial score (nSPS) is 20.6. The van der Waals surface area contributed by atoms with Gasteiger partial charge in [-0.25, -0.2) is 13.1 Å². The molecule has 1 heterocycles. The largest absolute Gasteiger partial charge is 0.387 e. The molecule has 4 nitrogen and oxygen atoms in total. The zero-order valence-corrected chi connectivity index (χ0v) is 12.0. The first-order chi connectivity index (χ1) is 8.63. The number of hydrogen-bond acceptors (Lipinski definition) is 4. The van der Waals surface area contributed by atoms with Gasteiger partial charge in [-0.2, -0.15) is 11.8 Å². The average molecular weight is 286 g/mol. The molecule has 0 bridgehead atoms. The van der Waals surface area contributed by atoms with Gasteiger partial charge in [-0.1, -0.05) is 12.1 Å². The standard InChI is InChI=1S/C12H18N2O2S2/c1-13-11-6-2-3-7-12(11)18(15,16)14-10-5-4-8-17-9-10/h2-3,6-7,10,13-14H,4-5,8-9H2,1H3. The van der Waals surface area contributed by atoms with E-state index < -0.39 is 10.0 Å². The number of nitrogens with one attached hydrogen (secondary N) is 2. The molecule has 1 saturated heterocycles. The highest BCUT2D eigenvalue weighted by Crippen LogP contribution is 2.23. The van der Waals surface area contributed by atoms with E-state index in [0.29, 0.717) is 10.6 Å². The lowest BCUT2D eigenvalue weighted by molar-refractivity contribution is 0.543. The predicted molar refractivity (Wildman–Crippen MR) is 76.7 cm³/mol. The molecule has 1 aliphatic heterocycles. The van der Waals surface area contributed by atoms with Crippen molar-refractivity contribution < 1.29 is 8.42 Å². The van der Waals surface area contributed by atoms with Crippen LogP contribution in [0, 0.1) is 0 Å². The number of hydrogen-bond donors (Lipinski definition) is 2. The van der Waals surface area contributed by atoms with Crippen LogP contribution in [0.5, 0.6) is 0 Å². The zero-order chi connectivity index (χ0) is 13.0. The molecule has 1 unspecified atom stereocenters. The fourth-order valence-corrected chi connectivity index (χ4v) is 4.69. The smallest absolute Gasteiger partial charge is 0.242 e. The molecule has 18 heavy (non-hydrogen) atoms. The summed E-state index contributed by atoms with van der Waals surface area (Å²) in [6, 6.07) is 7.01. The van der Waals surface area contributed by atoms with Gasteiger partial charge in [-0.3, -0.25) is 0 Å². The molecule has 1 aromatic carbocycles. The van der Waals surface area contributed by atoms with Gasteiger partial charge in [0, 0.05) is 18.8 Å². The van der Waals surface area contributed by atoms with Gasteiger partial charge in [0.2, 0.25) is 10.0 Å². The summed E-state index contributed by atoms with van der Waals surface area (Å²) in [5.41, 5.74) is 0.633. The molecular formula is C12H18N2O2S2. The molecule has 1 aromatic rings. The second kappa shape index (κ2) is 5.95. The Balaban J connectivity index is 2.19. The van der Waals surface area contributed by atoms with Crippen LogP contribution in [0.25, 0.3) is 0 Å². The van der Waals surface area contributed by atoms with Gasteiger partial charge in [-0.05, 0) is 30.7 Å². The van der Waals surface area contributed by atoms with Crippen LogP contribution >= 0.6 is 11.8 Å². The highest BCUT2D eigenvalue weighted by atomic mass is 32.2. The number of para-hydroxylation sites is 1. The van der Waals surface area contributed by atoms with Gasteiger partial charge < -0.3 is 5.32 Å². The van der Waals surface area contributed by atoms with Crippen molar-refractivity contribution in [3.8, 4) is 0 Å². The van der Waals surface area contributed by atoms with Gasteiger partial charge in [0.05, 0.1) is 5.69 Å². The van der Waals surface area contributed by atoms with Crippen molar-refractivity contribution in [1.82, 2.24) is 4.72 Å². The maximum atomic E-state index is 12.3. The lowest BCUT2D eigenvalue weighted by atomic mass is 10.2. The molecule has 1 fully saturated rings. The molecule has 0 saturated carbocycles. The average Bonchev–Trinajstić information content (AvgIpc) is 2.39. The van der Waals surface area contributed by atoms with Crippen molar-refractivity contribution in [3.63, 3.8) is 0 Å². The van der Waals surface area contributed by atoms with Crippen LogP contribution in [0.4, 0.5) is 5.69 Å². The summed E-state index contributed by atoms with van der Waals surface area (Å²) >= 11 is 1.81. The summed E-state index contributed by atoms with van der Waals surface area (Å²) in [5, 5.41) is 2.91. The van der Waals surface area contributed by atoms with Gasteiger partial charge >= 0.3 is 0 Å². The molecule has 2 rings (SSSR count). The van der Waals surface area contributed by atoms with E-state index in [-0.39, 0.29) is 6.04 Å². The van der Waals surface area contributed by atoms with Crippen molar-refractivity contribution in [2.45, 2.75) is 23.8 Å². The molecule has 0 spiro atoms. The van der Waals surface area contributed by atoms with Crippen molar-refractivity contribution in [2.24, 2.45) is 0 Å². The third-order valence-electron chi connectivity index (χ3n) is 2.93. The van der Waals surface area contributed by atoms with Crippen LogP contribution in [0.15, 0.2) is 29.2 Å². The topological polar surface area (TPSA) is 58.2 Å². The fourth-order valence-electron chi connectivity index (χ4n) is 2.02. The molecule has 6 heteroatoms. The minimum absolute atomic E-state index is 0.0543. The highest BCUT2D eigenvalue weighted by molar-refractivity contribution is 7.99. The lowest BCUT2D eigenvalue weighted by Gasteiger charge is -2.22. The van der Waals surface area contributed by atoms with E-state index in [4.69, 9.17) is 0 Å². The molecule has 0 aromatic heterocycles. The molecule has 0 amide bonds. The van der Waals surface area contributed by atoms with Crippen LogP contribution in [-0.2, 0) is 10.0 Å². The second-order valence-corrected chi connectivity index (χ2v) is 7.11. The monoisotopic (exact) mass is 286 g/mol. The quantitative estimate of drug-likeness (QED) is 0.887. The highest BCUT2D eigenvalue weighted by Gasteiger charge is 2.23. The van der Waals surface area contributed by atoms with Crippen molar-refractivity contribution in [3.05, 3.63) is 24.3 Å². The Morgan fingerprint density at radius 1 is 1.33 bits per heavy atom. The molecule has 100 valence electrons. The van der Waals surface area contributed by atoms with E-state index in [0.717, 1.165) is 24.3 Å². The maximum Gasteiger partial charge on any atom is 0.242 e. The predicted octanol–water partition coefficient (Wildman–Crippen LogP) is 1.90.